The molecule has 2 heterocycles. The molecule has 1 aliphatic heterocycles. The fraction of sp³-hybridized carbons (Fsp3) is 0.256. The van der Waals surface area contributed by atoms with Gasteiger partial charge in [0.2, 0.25) is 5.91 Å². The number of amides is 1. The summed E-state index contributed by atoms with van der Waals surface area (Å²) in [5.74, 6) is -2.86. The average Bonchev–Trinajstić information content (AvgIpc) is 3.71. The van der Waals surface area contributed by atoms with Gasteiger partial charge >= 0.3 is 5.97 Å². The van der Waals surface area contributed by atoms with E-state index in [9.17, 15) is 15.0 Å². The number of esters is 1. The quantitative estimate of drug-likeness (QED) is 0.0680. The molecule has 13 heteroatoms. The van der Waals surface area contributed by atoms with Crippen LogP contribution in [0.1, 0.15) is 12.5 Å². The van der Waals surface area contributed by atoms with E-state index >= 15 is 9.18 Å². The second-order valence-corrected chi connectivity index (χ2v) is 17.7. The third-order valence-electron chi connectivity index (χ3n) is 9.22. The zero-order valence-corrected chi connectivity index (χ0v) is 31.1. The van der Waals surface area contributed by atoms with Crippen molar-refractivity contribution in [1.29, 1.82) is 0 Å². The summed E-state index contributed by atoms with van der Waals surface area (Å²) >= 11 is 2.52. The number of carbonyl (C=O) groups excluding carboxylic acids is 2. The number of aliphatic hydroxyl groups is 2. The van der Waals surface area contributed by atoms with Crippen molar-refractivity contribution in [2.75, 3.05) is 19.5 Å². The molecule has 0 unspecified atom stereocenters. The van der Waals surface area contributed by atoms with E-state index in [1.54, 1.807) is 36.9 Å². The number of rotatable bonds is 15. The molecule has 1 fully saturated rings. The number of hydrogen-bond acceptors (Lipinski definition) is 10. The first kappa shape index (κ1) is 37.4. The van der Waals surface area contributed by atoms with E-state index in [2.05, 4.69) is 10.2 Å². The van der Waals surface area contributed by atoms with Crippen LogP contribution in [0.2, 0.25) is 0 Å². The molecule has 1 saturated heterocycles. The number of β-lactam (4-membered cyclic amide) rings is 1. The molecule has 0 saturated carbocycles. The molecule has 0 radical (unpaired) electrons. The van der Waals surface area contributed by atoms with E-state index in [0.29, 0.717) is 15.7 Å². The minimum absolute atomic E-state index is 0.0407. The Labute approximate surface area is 310 Å². The largest absolute Gasteiger partial charge is 0.497 e. The second-order valence-electron chi connectivity index (χ2n) is 12.3. The van der Waals surface area contributed by atoms with Gasteiger partial charge in [-0.05, 0) is 40.5 Å². The van der Waals surface area contributed by atoms with Crippen molar-refractivity contribution in [1.82, 2.24) is 15.1 Å². The summed E-state index contributed by atoms with van der Waals surface area (Å²) in [6.07, 6.45) is -2.46. The van der Waals surface area contributed by atoms with Gasteiger partial charge in [0.05, 0.1) is 38.0 Å². The first-order valence-corrected chi connectivity index (χ1v) is 20.3. The van der Waals surface area contributed by atoms with Gasteiger partial charge in [0.1, 0.15) is 23.3 Å². The first-order chi connectivity index (χ1) is 25.3. The van der Waals surface area contributed by atoms with Gasteiger partial charge in [0.15, 0.2) is 4.34 Å². The maximum Gasteiger partial charge on any atom is 0.356 e. The molecule has 6 rings (SSSR count). The predicted octanol–water partition coefficient (Wildman–Crippen LogP) is 4.66. The second kappa shape index (κ2) is 17.0. The Morgan fingerprint density at radius 3 is 1.94 bits per heavy atom. The third-order valence-corrected chi connectivity index (χ3v) is 15.4. The highest BCUT2D eigenvalue weighted by atomic mass is 32.2. The van der Waals surface area contributed by atoms with E-state index in [0.717, 1.165) is 15.9 Å². The predicted molar refractivity (Wildman–Crippen MR) is 205 cm³/mol. The number of methoxy groups -OCH3 is 1. The van der Waals surface area contributed by atoms with Crippen LogP contribution in [0, 0.1) is 11.8 Å². The standard InChI is InChI=1S/C39H39FN3O6PS2/c1-26(44)34-35(32(22-40)33(45)24-51-39-42-41-25-52-39)43(36(34)46)37(38(47)49-23-27-18-20-28(48-2)21-19-27)50(29-12-6-3-7-13-29,30-14-8-4-9-15-30)31-16-10-5-11-17-31/h3-21,25-26,32-35,44-45H,22-24H2,1-2H3/t26-,32-,33+,34-,35-/m1/s1. The molecule has 5 aromatic rings. The van der Waals surface area contributed by atoms with Gasteiger partial charge in [-0.3, -0.25) is 9.18 Å². The minimum atomic E-state index is -3.32. The molecule has 4 aromatic carbocycles. The Hall–Kier alpha value is -4.32. The van der Waals surface area contributed by atoms with Crippen molar-refractivity contribution in [3.8, 4) is 5.75 Å². The van der Waals surface area contributed by atoms with Gasteiger partial charge in [0, 0.05) is 18.6 Å². The lowest BCUT2D eigenvalue weighted by atomic mass is 9.74. The van der Waals surface area contributed by atoms with Crippen LogP contribution in [0.3, 0.4) is 0 Å². The Bertz CT molecular complexity index is 1880. The van der Waals surface area contributed by atoms with Crippen molar-refractivity contribution in [2.24, 2.45) is 11.8 Å². The molecular formula is C39H39FN3O6PS2. The number of carbonyl (C=O) groups is 2. The number of aromatic nitrogens is 2. The van der Waals surface area contributed by atoms with Crippen LogP contribution in [0.25, 0.3) is 0 Å². The van der Waals surface area contributed by atoms with Gasteiger partial charge in [-0.15, -0.1) is 10.2 Å². The molecule has 1 aliphatic rings. The Morgan fingerprint density at radius 2 is 1.48 bits per heavy atom. The number of hydrogen-bond donors (Lipinski definition) is 2. The van der Waals surface area contributed by atoms with Crippen LogP contribution in [-0.2, 0) is 20.9 Å². The summed E-state index contributed by atoms with van der Waals surface area (Å²) in [6.45, 7) is -2.99. The van der Waals surface area contributed by atoms with Crippen LogP contribution in [0.4, 0.5) is 4.39 Å². The Balaban J connectivity index is 1.60. The molecule has 270 valence electrons. The molecule has 1 amide bonds. The number of alkyl halides is 1. The van der Waals surface area contributed by atoms with Crippen molar-refractivity contribution in [3.63, 3.8) is 0 Å². The number of ether oxygens (including phenoxy) is 2. The molecule has 0 aliphatic carbocycles. The molecule has 5 atom stereocenters. The van der Waals surface area contributed by atoms with Gasteiger partial charge < -0.3 is 24.6 Å². The van der Waals surface area contributed by atoms with Gasteiger partial charge in [0.25, 0.3) is 0 Å². The average molecular weight is 760 g/mol. The summed E-state index contributed by atoms with van der Waals surface area (Å²) in [4.78, 5) is 31.0. The van der Waals surface area contributed by atoms with E-state index in [1.165, 1.54) is 34.9 Å². The van der Waals surface area contributed by atoms with Crippen LogP contribution < -0.4 is 20.7 Å². The van der Waals surface area contributed by atoms with Crippen molar-refractivity contribution in [3.05, 3.63) is 126 Å². The molecule has 1 aromatic heterocycles. The van der Waals surface area contributed by atoms with Crippen LogP contribution in [0.5, 0.6) is 5.75 Å². The maximum atomic E-state index is 15.4. The monoisotopic (exact) mass is 759 g/mol. The number of nitrogens with zero attached hydrogens (tertiary/aromatic N) is 3. The SMILES string of the molecule is COc1ccc(COC(=O)C(N2C(=O)[C@H]([C@@H](C)O)[C@H]2[C@H](CF)[C@@H](O)CSc2nncs2)=P(c2ccccc2)(c2ccccc2)c2ccccc2)cc1. The van der Waals surface area contributed by atoms with Gasteiger partial charge in [-0.2, -0.15) is 0 Å². The zero-order chi connectivity index (χ0) is 36.7. The number of thioether (sulfide) groups is 1. The van der Waals surface area contributed by atoms with Crippen LogP contribution >= 0.6 is 30.0 Å². The summed E-state index contributed by atoms with van der Waals surface area (Å²) in [5, 5.41) is 32.7. The lowest BCUT2D eigenvalue weighted by Gasteiger charge is -2.53. The topological polar surface area (TPSA) is 122 Å². The maximum absolute atomic E-state index is 15.4. The smallest absolute Gasteiger partial charge is 0.356 e. The Kier molecular flexibility index (Phi) is 12.2. The van der Waals surface area contributed by atoms with Crippen molar-refractivity contribution in [2.45, 2.75) is 36.1 Å². The van der Waals surface area contributed by atoms with E-state index in [-0.39, 0.29) is 17.8 Å². The van der Waals surface area contributed by atoms with Gasteiger partial charge in [-0.25, -0.2) is 4.79 Å². The van der Waals surface area contributed by atoms with E-state index in [4.69, 9.17) is 9.47 Å². The Morgan fingerprint density at radius 1 is 0.923 bits per heavy atom. The number of halogens is 1. The van der Waals surface area contributed by atoms with Crippen molar-refractivity contribution >= 4 is 63.2 Å². The number of aliphatic hydroxyl groups excluding tert-OH is 2. The minimum Gasteiger partial charge on any atom is -0.497 e. The fourth-order valence-electron chi connectivity index (χ4n) is 6.76. The summed E-state index contributed by atoms with van der Waals surface area (Å²) in [6, 6.07) is 34.5. The van der Waals surface area contributed by atoms with Crippen LogP contribution in [-0.4, -0.2) is 80.4 Å². The highest BCUT2D eigenvalue weighted by molar-refractivity contribution is 8.01. The van der Waals surface area contributed by atoms with Gasteiger partial charge in [-0.1, -0.05) is 126 Å². The summed E-state index contributed by atoms with van der Waals surface area (Å²) in [5.41, 5.74) is 2.30. The summed E-state index contributed by atoms with van der Waals surface area (Å²) < 4.78 is 27.4. The lowest BCUT2D eigenvalue weighted by molar-refractivity contribution is -0.164. The highest BCUT2D eigenvalue weighted by Gasteiger charge is 2.58. The first-order valence-electron chi connectivity index (χ1n) is 16.7. The zero-order valence-electron chi connectivity index (χ0n) is 28.6. The van der Waals surface area contributed by atoms with E-state index < -0.39 is 55.5 Å². The molecule has 52 heavy (non-hydrogen) atoms. The normalized spacial score (nSPS) is 17.5. The lowest BCUT2D eigenvalue weighted by Crippen LogP contribution is -2.72. The third kappa shape index (κ3) is 7.44. The highest BCUT2D eigenvalue weighted by Crippen LogP contribution is 2.51. The molecule has 9 nitrogen and oxygen atoms in total. The van der Waals surface area contributed by atoms with E-state index in [1.807, 2.05) is 91.0 Å². The fourth-order valence-corrected chi connectivity index (χ4v) is 12.7. The number of benzene rings is 4. The molecular weight excluding hydrogens is 721 g/mol. The van der Waals surface area contributed by atoms with Crippen LogP contribution in [0.15, 0.2) is 125 Å². The molecule has 0 spiro atoms. The number of likely N-dealkylation sites (tertiary alicyclic amines) is 1. The molecule has 2 N–H and O–H groups in total. The molecule has 0 bridgehead atoms. The summed E-state index contributed by atoms with van der Waals surface area (Å²) in [7, 11) is 1.56. The van der Waals surface area contributed by atoms with Crippen molar-refractivity contribution < 1.29 is 33.7 Å².